The van der Waals surface area contributed by atoms with Gasteiger partial charge in [-0.05, 0) is 13.0 Å². The largest absolute Gasteiger partial charge is 0.336 e. The van der Waals surface area contributed by atoms with E-state index in [-0.39, 0.29) is 23.4 Å². The third-order valence-electron chi connectivity index (χ3n) is 4.43. The number of nitrogens with zero attached hydrogens (tertiary/aromatic N) is 3. The van der Waals surface area contributed by atoms with E-state index in [1.54, 1.807) is 18.7 Å². The van der Waals surface area contributed by atoms with Crippen molar-refractivity contribution in [3.05, 3.63) is 28.7 Å². The first kappa shape index (κ1) is 19.6. The summed E-state index contributed by atoms with van der Waals surface area (Å²) in [5.41, 5.74) is -0.394. The molecule has 25 heavy (non-hydrogen) atoms. The molecule has 2 heterocycles. The quantitative estimate of drug-likeness (QED) is 0.742. The number of carbonyl (C=O) groups excluding carboxylic acids is 1. The second-order valence-corrected chi connectivity index (χ2v) is 8.00. The van der Waals surface area contributed by atoms with Gasteiger partial charge in [-0.15, -0.1) is 0 Å². The lowest BCUT2D eigenvalue weighted by atomic mass is 10.2. The summed E-state index contributed by atoms with van der Waals surface area (Å²) in [5, 5.41) is 3.20. The number of piperazine rings is 1. The molecule has 8 nitrogen and oxygen atoms in total. The average Bonchev–Trinajstić information content (AvgIpc) is 2.57. The van der Waals surface area contributed by atoms with Crippen LogP contribution in [-0.2, 0) is 21.4 Å². The summed E-state index contributed by atoms with van der Waals surface area (Å²) in [7, 11) is -3.67. The average molecular weight is 370 g/mol. The van der Waals surface area contributed by atoms with Crippen molar-refractivity contribution < 1.29 is 13.2 Å². The maximum Gasteiger partial charge on any atom is 0.251 e. The molecule has 9 heteroatoms. The summed E-state index contributed by atoms with van der Waals surface area (Å²) in [6, 6.07) is 2.54. The first-order valence-corrected chi connectivity index (χ1v) is 9.96. The summed E-state index contributed by atoms with van der Waals surface area (Å²) in [4.78, 5) is 26.3. The zero-order valence-electron chi connectivity index (χ0n) is 14.9. The highest BCUT2D eigenvalue weighted by atomic mass is 32.2. The van der Waals surface area contributed by atoms with E-state index in [0.29, 0.717) is 32.7 Å². The van der Waals surface area contributed by atoms with Crippen molar-refractivity contribution in [3.63, 3.8) is 0 Å². The number of aromatic nitrogens is 1. The highest BCUT2D eigenvalue weighted by molar-refractivity contribution is 7.89. The van der Waals surface area contributed by atoms with E-state index in [4.69, 9.17) is 0 Å². The Morgan fingerprint density at radius 3 is 2.60 bits per heavy atom. The van der Waals surface area contributed by atoms with Crippen LogP contribution in [0, 0.1) is 0 Å². The van der Waals surface area contributed by atoms with Crippen LogP contribution in [0.2, 0.25) is 0 Å². The van der Waals surface area contributed by atoms with Crippen LogP contribution < -0.4 is 10.9 Å². The number of sulfonamides is 1. The van der Waals surface area contributed by atoms with E-state index in [2.05, 4.69) is 5.32 Å². The Morgan fingerprint density at radius 1 is 1.32 bits per heavy atom. The van der Waals surface area contributed by atoms with Crippen molar-refractivity contribution in [1.82, 2.24) is 19.1 Å². The van der Waals surface area contributed by atoms with Crippen molar-refractivity contribution in [2.45, 2.75) is 38.3 Å². The molecule has 0 radical (unpaired) electrons. The molecule has 1 fully saturated rings. The van der Waals surface area contributed by atoms with Crippen molar-refractivity contribution in [2.75, 3.05) is 32.7 Å². The Morgan fingerprint density at radius 2 is 2.00 bits per heavy atom. The molecule has 1 amide bonds. The fraction of sp³-hybridized carbons (Fsp3) is 0.625. The minimum atomic E-state index is -3.67. The van der Waals surface area contributed by atoms with E-state index >= 15 is 0 Å². The molecule has 0 bridgehead atoms. The third kappa shape index (κ3) is 4.28. The van der Waals surface area contributed by atoms with Crippen LogP contribution in [0.4, 0.5) is 0 Å². The van der Waals surface area contributed by atoms with Crippen LogP contribution in [0.25, 0.3) is 0 Å². The minimum Gasteiger partial charge on any atom is -0.336 e. The Bertz CT molecular complexity index is 771. The molecule has 1 saturated heterocycles. The molecule has 0 aromatic carbocycles. The fourth-order valence-corrected chi connectivity index (χ4v) is 4.42. The summed E-state index contributed by atoms with van der Waals surface area (Å²) in [6.45, 7) is 7.96. The van der Waals surface area contributed by atoms with Crippen LogP contribution in [0.15, 0.2) is 28.0 Å². The molecule has 0 spiro atoms. The van der Waals surface area contributed by atoms with Gasteiger partial charge < -0.3 is 14.8 Å². The van der Waals surface area contributed by atoms with Gasteiger partial charge in [-0.1, -0.05) is 13.8 Å². The monoisotopic (exact) mass is 370 g/mol. The summed E-state index contributed by atoms with van der Waals surface area (Å²) >= 11 is 0. The van der Waals surface area contributed by atoms with E-state index in [0.717, 1.165) is 0 Å². The Kier molecular flexibility index (Phi) is 6.36. The highest BCUT2D eigenvalue weighted by Gasteiger charge is 2.25. The van der Waals surface area contributed by atoms with Gasteiger partial charge in [0.15, 0.2) is 0 Å². The van der Waals surface area contributed by atoms with Gasteiger partial charge in [-0.2, -0.15) is 4.31 Å². The molecular formula is C16H26N4O4S. The standard InChI is InChI=1S/C16H26N4O4S/c1-4-19(5-2)25(23,24)14-6-7-15(21)18(11-14)12-16(22)20-9-8-17-10-13(20)3/h6-7,11,13,17H,4-5,8-10,12H2,1-3H3/t13-/m1/s1. The van der Waals surface area contributed by atoms with E-state index in [9.17, 15) is 18.0 Å². The van der Waals surface area contributed by atoms with Crippen molar-refractivity contribution in [3.8, 4) is 0 Å². The lowest BCUT2D eigenvalue weighted by molar-refractivity contribution is -0.134. The fourth-order valence-electron chi connectivity index (χ4n) is 2.95. The molecular weight excluding hydrogens is 344 g/mol. The molecule has 1 aliphatic rings. The topological polar surface area (TPSA) is 91.7 Å². The predicted octanol–water partition coefficient (Wildman–Crippen LogP) is -0.301. The van der Waals surface area contributed by atoms with Crippen LogP contribution >= 0.6 is 0 Å². The molecule has 0 aliphatic carbocycles. The molecule has 1 atom stereocenters. The van der Waals surface area contributed by atoms with E-state index in [1.807, 2.05) is 6.92 Å². The number of amides is 1. The van der Waals surface area contributed by atoms with Crippen LogP contribution in [0.1, 0.15) is 20.8 Å². The SMILES string of the molecule is CCN(CC)S(=O)(=O)c1ccc(=O)n(CC(=O)N2CCNC[C@H]2C)c1. The third-order valence-corrected chi connectivity index (χ3v) is 6.46. The zero-order valence-corrected chi connectivity index (χ0v) is 15.8. The normalized spacial score (nSPS) is 18.6. The van der Waals surface area contributed by atoms with Gasteiger partial charge in [-0.3, -0.25) is 9.59 Å². The minimum absolute atomic E-state index is 0.0250. The molecule has 1 aliphatic heterocycles. The molecule has 2 rings (SSSR count). The molecule has 1 aromatic rings. The van der Waals surface area contributed by atoms with Crippen molar-refractivity contribution in [1.29, 1.82) is 0 Å². The lowest BCUT2D eigenvalue weighted by Gasteiger charge is -2.34. The molecule has 0 unspecified atom stereocenters. The number of hydrogen-bond acceptors (Lipinski definition) is 5. The van der Waals surface area contributed by atoms with Gasteiger partial charge in [0, 0.05) is 51.0 Å². The van der Waals surface area contributed by atoms with E-state index < -0.39 is 15.6 Å². The van der Waals surface area contributed by atoms with Crippen LogP contribution in [0.5, 0.6) is 0 Å². The Hall–Kier alpha value is -1.71. The first-order chi connectivity index (χ1) is 11.8. The number of nitrogens with one attached hydrogen (secondary N) is 1. The zero-order chi connectivity index (χ0) is 18.6. The van der Waals surface area contributed by atoms with Gasteiger partial charge in [0.1, 0.15) is 6.54 Å². The van der Waals surface area contributed by atoms with Crippen molar-refractivity contribution >= 4 is 15.9 Å². The summed E-state index contributed by atoms with van der Waals surface area (Å²) < 4.78 is 27.7. The summed E-state index contributed by atoms with van der Waals surface area (Å²) in [6.07, 6.45) is 1.26. The lowest BCUT2D eigenvalue weighted by Crippen LogP contribution is -2.53. The smallest absolute Gasteiger partial charge is 0.251 e. The number of hydrogen-bond donors (Lipinski definition) is 1. The van der Waals surface area contributed by atoms with Crippen LogP contribution in [0.3, 0.4) is 0 Å². The number of carbonyl (C=O) groups is 1. The highest BCUT2D eigenvalue weighted by Crippen LogP contribution is 2.14. The van der Waals surface area contributed by atoms with E-state index in [1.165, 1.54) is 27.2 Å². The second kappa shape index (κ2) is 8.11. The van der Waals surface area contributed by atoms with Gasteiger partial charge in [-0.25, -0.2) is 8.42 Å². The number of pyridine rings is 1. The molecule has 1 aromatic heterocycles. The molecule has 1 N–H and O–H groups in total. The van der Waals surface area contributed by atoms with Gasteiger partial charge in [0.05, 0.1) is 4.90 Å². The van der Waals surface area contributed by atoms with Gasteiger partial charge in [0.2, 0.25) is 15.9 Å². The number of rotatable bonds is 6. The maximum atomic E-state index is 12.6. The van der Waals surface area contributed by atoms with Crippen molar-refractivity contribution in [2.24, 2.45) is 0 Å². The predicted molar refractivity (Wildman–Crippen MR) is 94.9 cm³/mol. The molecule has 140 valence electrons. The van der Waals surface area contributed by atoms with Gasteiger partial charge in [0.25, 0.3) is 5.56 Å². The van der Waals surface area contributed by atoms with Crippen LogP contribution in [-0.4, -0.2) is 66.9 Å². The van der Waals surface area contributed by atoms with Gasteiger partial charge >= 0.3 is 0 Å². The second-order valence-electron chi connectivity index (χ2n) is 6.06. The molecule has 0 saturated carbocycles. The summed E-state index contributed by atoms with van der Waals surface area (Å²) in [5.74, 6) is -0.187. The maximum absolute atomic E-state index is 12.6. The first-order valence-electron chi connectivity index (χ1n) is 8.52. The Balaban J connectivity index is 2.27. The Labute approximate surface area is 148 Å².